The summed E-state index contributed by atoms with van der Waals surface area (Å²) in [6, 6.07) is 21.8. The maximum atomic E-state index is 12.9. The number of hydrogen-bond donors (Lipinski definition) is 1. The summed E-state index contributed by atoms with van der Waals surface area (Å²) in [5.74, 6) is 0.840. The molecule has 4 rings (SSSR count). The van der Waals surface area contributed by atoms with Crippen molar-refractivity contribution in [3.8, 4) is 0 Å². The molecule has 1 N–H and O–H groups in total. The highest BCUT2D eigenvalue weighted by Gasteiger charge is 2.28. The van der Waals surface area contributed by atoms with Crippen LogP contribution in [0.5, 0.6) is 0 Å². The first-order valence-electron chi connectivity index (χ1n) is 9.10. The second kappa shape index (κ2) is 7.50. The SMILES string of the molecule is Cc1ccccc1NC(=O)N1CCN(Cc2ccccc2)c2ncccc21. The normalized spacial score (nSPS) is 13.2. The molecule has 2 aromatic carbocycles. The van der Waals surface area contributed by atoms with E-state index in [2.05, 4.69) is 27.3 Å². The van der Waals surface area contributed by atoms with Crippen LogP contribution in [0.25, 0.3) is 0 Å². The van der Waals surface area contributed by atoms with Gasteiger partial charge in [-0.3, -0.25) is 4.90 Å². The lowest BCUT2D eigenvalue weighted by Crippen LogP contribution is -2.46. The molecule has 0 fully saturated rings. The number of fused-ring (bicyclic) bond motifs is 1. The molecule has 5 heteroatoms. The Kier molecular flexibility index (Phi) is 4.75. The van der Waals surface area contributed by atoms with E-state index >= 15 is 0 Å². The van der Waals surface area contributed by atoms with Crippen molar-refractivity contribution in [1.82, 2.24) is 4.98 Å². The zero-order chi connectivity index (χ0) is 18.6. The Morgan fingerprint density at radius 3 is 2.59 bits per heavy atom. The Morgan fingerprint density at radius 2 is 1.78 bits per heavy atom. The van der Waals surface area contributed by atoms with E-state index < -0.39 is 0 Å². The van der Waals surface area contributed by atoms with Crippen molar-refractivity contribution < 1.29 is 4.79 Å². The van der Waals surface area contributed by atoms with Crippen molar-refractivity contribution in [2.75, 3.05) is 28.2 Å². The number of benzene rings is 2. The van der Waals surface area contributed by atoms with Crippen LogP contribution in [0.2, 0.25) is 0 Å². The molecule has 0 radical (unpaired) electrons. The third-order valence-electron chi connectivity index (χ3n) is 4.80. The van der Waals surface area contributed by atoms with Crippen LogP contribution >= 0.6 is 0 Å². The lowest BCUT2D eigenvalue weighted by molar-refractivity contribution is 0.256. The van der Waals surface area contributed by atoms with Crippen LogP contribution in [0.1, 0.15) is 11.1 Å². The number of aromatic nitrogens is 1. The van der Waals surface area contributed by atoms with Crippen LogP contribution in [0.4, 0.5) is 22.0 Å². The predicted molar refractivity (Wildman–Crippen MR) is 109 cm³/mol. The number of aryl methyl sites for hydroxylation is 1. The lowest BCUT2D eigenvalue weighted by Gasteiger charge is -2.36. The molecule has 0 spiro atoms. The first-order valence-corrected chi connectivity index (χ1v) is 9.10. The van der Waals surface area contributed by atoms with Crippen LogP contribution in [0, 0.1) is 6.92 Å². The van der Waals surface area contributed by atoms with Crippen LogP contribution in [-0.2, 0) is 6.54 Å². The van der Waals surface area contributed by atoms with E-state index in [1.54, 1.807) is 11.1 Å². The van der Waals surface area contributed by atoms with Gasteiger partial charge in [0.2, 0.25) is 0 Å². The number of para-hydroxylation sites is 1. The average molecular weight is 358 g/mol. The molecule has 27 heavy (non-hydrogen) atoms. The van der Waals surface area contributed by atoms with E-state index in [-0.39, 0.29) is 6.03 Å². The monoisotopic (exact) mass is 358 g/mol. The summed E-state index contributed by atoms with van der Waals surface area (Å²) >= 11 is 0. The fraction of sp³-hybridized carbons (Fsp3) is 0.182. The summed E-state index contributed by atoms with van der Waals surface area (Å²) in [4.78, 5) is 21.5. The van der Waals surface area contributed by atoms with E-state index in [1.807, 2.05) is 61.5 Å². The number of pyridine rings is 1. The number of nitrogens with zero attached hydrogens (tertiary/aromatic N) is 3. The Labute approximate surface area is 159 Å². The average Bonchev–Trinajstić information content (AvgIpc) is 2.71. The predicted octanol–water partition coefficient (Wildman–Crippen LogP) is 4.45. The maximum absolute atomic E-state index is 12.9. The van der Waals surface area contributed by atoms with E-state index in [1.165, 1.54) is 5.56 Å². The minimum absolute atomic E-state index is 0.127. The standard InChI is InChI=1S/C22H22N4O/c1-17-8-5-6-11-19(17)24-22(27)26-15-14-25(16-18-9-3-2-4-10-18)21-20(26)12-7-13-23-21/h2-13H,14-16H2,1H3,(H,24,27). The minimum atomic E-state index is -0.127. The van der Waals surface area contributed by atoms with Gasteiger partial charge in [0.15, 0.2) is 5.82 Å². The number of carbonyl (C=O) groups excluding carboxylic acids is 1. The van der Waals surface area contributed by atoms with E-state index in [4.69, 9.17) is 0 Å². The molecule has 2 amide bonds. The van der Waals surface area contributed by atoms with Crippen molar-refractivity contribution in [2.24, 2.45) is 0 Å². The highest BCUT2D eigenvalue weighted by Crippen LogP contribution is 2.32. The Morgan fingerprint density at radius 1 is 1.00 bits per heavy atom. The van der Waals surface area contributed by atoms with E-state index in [0.29, 0.717) is 6.54 Å². The van der Waals surface area contributed by atoms with Crippen molar-refractivity contribution in [3.63, 3.8) is 0 Å². The molecule has 0 bridgehead atoms. The lowest BCUT2D eigenvalue weighted by atomic mass is 10.1. The molecule has 1 aliphatic heterocycles. The number of urea groups is 1. The van der Waals surface area contributed by atoms with Crippen molar-refractivity contribution >= 4 is 23.2 Å². The second-order valence-corrected chi connectivity index (χ2v) is 6.65. The molecular formula is C22H22N4O. The van der Waals surface area contributed by atoms with Crippen LogP contribution in [0.3, 0.4) is 0 Å². The summed E-state index contributed by atoms with van der Waals surface area (Å²) in [5.41, 5.74) is 3.94. The van der Waals surface area contributed by atoms with Gasteiger partial charge >= 0.3 is 6.03 Å². The van der Waals surface area contributed by atoms with Gasteiger partial charge in [-0.15, -0.1) is 0 Å². The highest BCUT2D eigenvalue weighted by atomic mass is 16.2. The number of amides is 2. The summed E-state index contributed by atoms with van der Waals surface area (Å²) < 4.78 is 0. The van der Waals surface area contributed by atoms with Crippen LogP contribution in [0.15, 0.2) is 72.9 Å². The van der Waals surface area contributed by atoms with Gasteiger partial charge in [-0.05, 0) is 36.2 Å². The van der Waals surface area contributed by atoms with Gasteiger partial charge in [0.1, 0.15) is 0 Å². The molecule has 0 aliphatic carbocycles. The minimum Gasteiger partial charge on any atom is -0.349 e. The summed E-state index contributed by atoms with van der Waals surface area (Å²) in [5, 5.41) is 3.03. The van der Waals surface area contributed by atoms with Crippen molar-refractivity contribution in [3.05, 3.63) is 84.1 Å². The fourth-order valence-corrected chi connectivity index (χ4v) is 3.35. The largest absolute Gasteiger partial charge is 0.349 e. The Balaban J connectivity index is 1.57. The van der Waals surface area contributed by atoms with Gasteiger partial charge in [0.05, 0.1) is 5.69 Å². The summed E-state index contributed by atoms with van der Waals surface area (Å²) in [6.45, 7) is 4.12. The molecule has 0 unspecified atom stereocenters. The maximum Gasteiger partial charge on any atom is 0.326 e. The quantitative estimate of drug-likeness (QED) is 0.752. The first-order chi connectivity index (χ1) is 13.2. The van der Waals surface area contributed by atoms with Gasteiger partial charge in [0.25, 0.3) is 0 Å². The topological polar surface area (TPSA) is 48.5 Å². The van der Waals surface area contributed by atoms with E-state index in [0.717, 1.165) is 35.8 Å². The van der Waals surface area contributed by atoms with Gasteiger partial charge in [-0.2, -0.15) is 0 Å². The number of anilines is 3. The number of carbonyl (C=O) groups is 1. The second-order valence-electron chi connectivity index (χ2n) is 6.65. The third kappa shape index (κ3) is 3.62. The Hall–Kier alpha value is -3.34. The summed E-state index contributed by atoms with van der Waals surface area (Å²) in [7, 11) is 0. The molecule has 0 saturated heterocycles. The smallest absolute Gasteiger partial charge is 0.326 e. The first kappa shape index (κ1) is 17.1. The molecule has 1 aromatic heterocycles. The molecule has 5 nitrogen and oxygen atoms in total. The number of nitrogens with one attached hydrogen (secondary N) is 1. The van der Waals surface area contributed by atoms with Gasteiger partial charge in [-0.1, -0.05) is 48.5 Å². The summed E-state index contributed by atoms with van der Waals surface area (Å²) in [6.07, 6.45) is 1.78. The number of hydrogen-bond acceptors (Lipinski definition) is 3. The molecular weight excluding hydrogens is 336 g/mol. The van der Waals surface area contributed by atoms with Gasteiger partial charge < -0.3 is 10.2 Å². The molecule has 0 atom stereocenters. The van der Waals surface area contributed by atoms with Crippen molar-refractivity contribution in [1.29, 1.82) is 0 Å². The van der Waals surface area contributed by atoms with Crippen LogP contribution < -0.4 is 15.1 Å². The highest BCUT2D eigenvalue weighted by molar-refractivity contribution is 6.04. The van der Waals surface area contributed by atoms with Gasteiger partial charge in [0, 0.05) is 31.5 Å². The molecule has 3 aromatic rings. The van der Waals surface area contributed by atoms with Crippen LogP contribution in [-0.4, -0.2) is 24.1 Å². The molecule has 2 heterocycles. The van der Waals surface area contributed by atoms with Crippen molar-refractivity contribution in [2.45, 2.75) is 13.5 Å². The van der Waals surface area contributed by atoms with E-state index in [9.17, 15) is 4.79 Å². The number of rotatable bonds is 3. The zero-order valence-corrected chi connectivity index (χ0v) is 15.3. The zero-order valence-electron chi connectivity index (χ0n) is 15.3. The molecule has 0 saturated carbocycles. The molecule has 1 aliphatic rings. The fourth-order valence-electron chi connectivity index (χ4n) is 3.35. The van der Waals surface area contributed by atoms with Gasteiger partial charge in [-0.25, -0.2) is 9.78 Å². The Bertz CT molecular complexity index is 942. The third-order valence-corrected chi connectivity index (χ3v) is 4.80. The molecule has 136 valence electrons.